The number of aromatic nitrogens is 2. The van der Waals surface area contributed by atoms with Crippen LogP contribution in [0.5, 0.6) is 5.75 Å². The number of aromatic amines is 1. The molecule has 0 amide bonds. The van der Waals surface area contributed by atoms with Gasteiger partial charge >= 0.3 is 0 Å². The zero-order chi connectivity index (χ0) is 14.0. The highest BCUT2D eigenvalue weighted by Gasteiger charge is 2.05. The molecule has 0 saturated carbocycles. The van der Waals surface area contributed by atoms with Crippen molar-refractivity contribution in [3.8, 4) is 17.0 Å². The van der Waals surface area contributed by atoms with Crippen molar-refractivity contribution < 1.29 is 4.74 Å². The molecule has 1 heterocycles. The SMILES string of the molecule is CCOc1ccccc1-c1c[nH]cn1.c1ccccc1. The molecule has 0 spiro atoms. The summed E-state index contributed by atoms with van der Waals surface area (Å²) < 4.78 is 5.51. The van der Waals surface area contributed by atoms with Gasteiger partial charge in [0.2, 0.25) is 0 Å². The molecule has 0 saturated heterocycles. The van der Waals surface area contributed by atoms with Crippen LogP contribution in [0.15, 0.2) is 73.2 Å². The van der Waals surface area contributed by atoms with Crippen LogP contribution in [0, 0.1) is 0 Å². The van der Waals surface area contributed by atoms with Crippen molar-refractivity contribution in [1.82, 2.24) is 9.97 Å². The number of para-hydroxylation sites is 1. The number of H-pyrrole nitrogens is 1. The molecule has 0 aliphatic carbocycles. The maximum absolute atomic E-state index is 5.51. The number of nitrogens with zero attached hydrogens (tertiary/aromatic N) is 1. The smallest absolute Gasteiger partial charge is 0.128 e. The average Bonchev–Trinajstić information content (AvgIpc) is 3.05. The second-order valence-corrected chi connectivity index (χ2v) is 4.04. The van der Waals surface area contributed by atoms with E-state index in [0.717, 1.165) is 17.0 Å². The van der Waals surface area contributed by atoms with Gasteiger partial charge in [0.15, 0.2) is 0 Å². The van der Waals surface area contributed by atoms with Gasteiger partial charge in [-0.15, -0.1) is 0 Å². The number of rotatable bonds is 3. The van der Waals surface area contributed by atoms with E-state index in [1.165, 1.54) is 0 Å². The van der Waals surface area contributed by atoms with E-state index in [9.17, 15) is 0 Å². The van der Waals surface area contributed by atoms with Crippen LogP contribution >= 0.6 is 0 Å². The van der Waals surface area contributed by atoms with Crippen molar-refractivity contribution in [2.24, 2.45) is 0 Å². The first kappa shape index (κ1) is 13.9. The van der Waals surface area contributed by atoms with Crippen LogP contribution in [0.2, 0.25) is 0 Å². The lowest BCUT2D eigenvalue weighted by molar-refractivity contribution is 0.341. The molecule has 0 atom stereocenters. The predicted octanol–water partition coefficient (Wildman–Crippen LogP) is 4.16. The molecule has 102 valence electrons. The van der Waals surface area contributed by atoms with Crippen molar-refractivity contribution in [3.63, 3.8) is 0 Å². The Balaban J connectivity index is 0.000000205. The van der Waals surface area contributed by atoms with Crippen LogP contribution in [0.1, 0.15) is 6.92 Å². The lowest BCUT2D eigenvalue weighted by Crippen LogP contribution is -1.93. The third kappa shape index (κ3) is 3.99. The third-order valence-electron chi connectivity index (χ3n) is 2.63. The van der Waals surface area contributed by atoms with Crippen molar-refractivity contribution in [3.05, 3.63) is 73.2 Å². The summed E-state index contributed by atoms with van der Waals surface area (Å²) in [5, 5.41) is 0. The fraction of sp³-hybridized carbons (Fsp3) is 0.118. The van der Waals surface area contributed by atoms with E-state index in [4.69, 9.17) is 4.74 Å². The van der Waals surface area contributed by atoms with Crippen LogP contribution in [-0.2, 0) is 0 Å². The molecule has 0 aliphatic rings. The summed E-state index contributed by atoms with van der Waals surface area (Å²) in [5.74, 6) is 0.877. The molecule has 0 radical (unpaired) electrons. The second kappa shape index (κ2) is 7.79. The molecule has 3 heteroatoms. The van der Waals surface area contributed by atoms with Gasteiger partial charge in [0, 0.05) is 11.8 Å². The first-order valence-electron chi connectivity index (χ1n) is 6.63. The van der Waals surface area contributed by atoms with Gasteiger partial charge in [-0.1, -0.05) is 48.5 Å². The minimum absolute atomic E-state index is 0.668. The van der Waals surface area contributed by atoms with E-state index in [-0.39, 0.29) is 0 Å². The van der Waals surface area contributed by atoms with Crippen LogP contribution in [0.3, 0.4) is 0 Å². The first-order chi connectivity index (χ1) is 9.92. The summed E-state index contributed by atoms with van der Waals surface area (Å²) in [6.45, 7) is 2.64. The van der Waals surface area contributed by atoms with Gasteiger partial charge in [-0.2, -0.15) is 0 Å². The highest BCUT2D eigenvalue weighted by molar-refractivity contribution is 5.66. The highest BCUT2D eigenvalue weighted by atomic mass is 16.5. The molecule has 3 aromatic rings. The quantitative estimate of drug-likeness (QED) is 0.773. The zero-order valence-corrected chi connectivity index (χ0v) is 11.5. The maximum Gasteiger partial charge on any atom is 0.128 e. The van der Waals surface area contributed by atoms with E-state index in [2.05, 4.69) is 9.97 Å². The predicted molar refractivity (Wildman–Crippen MR) is 81.6 cm³/mol. The molecule has 0 bridgehead atoms. The average molecular weight is 266 g/mol. The van der Waals surface area contributed by atoms with E-state index in [1.807, 2.05) is 73.8 Å². The van der Waals surface area contributed by atoms with Gasteiger partial charge in [-0.05, 0) is 19.1 Å². The van der Waals surface area contributed by atoms with Crippen LogP contribution in [-0.4, -0.2) is 16.6 Å². The Bertz CT molecular complexity index is 565. The summed E-state index contributed by atoms with van der Waals surface area (Å²) >= 11 is 0. The molecule has 0 aliphatic heterocycles. The molecule has 0 fully saturated rings. The minimum atomic E-state index is 0.668. The fourth-order valence-electron chi connectivity index (χ4n) is 1.75. The zero-order valence-electron chi connectivity index (χ0n) is 11.5. The minimum Gasteiger partial charge on any atom is -0.493 e. The van der Waals surface area contributed by atoms with Crippen LogP contribution in [0.25, 0.3) is 11.3 Å². The standard InChI is InChI=1S/C11H12N2O.C6H6/c1-2-14-11-6-4-3-5-9(11)10-7-12-8-13-10;1-2-4-6-5-3-1/h3-8H,2H2,1H3,(H,12,13);1-6H. The van der Waals surface area contributed by atoms with Gasteiger partial charge < -0.3 is 9.72 Å². The van der Waals surface area contributed by atoms with Gasteiger partial charge in [-0.3, -0.25) is 0 Å². The highest BCUT2D eigenvalue weighted by Crippen LogP contribution is 2.27. The van der Waals surface area contributed by atoms with E-state index in [0.29, 0.717) is 6.61 Å². The van der Waals surface area contributed by atoms with Crippen molar-refractivity contribution in [1.29, 1.82) is 0 Å². The van der Waals surface area contributed by atoms with Crippen molar-refractivity contribution in [2.45, 2.75) is 6.92 Å². The molecule has 2 aromatic carbocycles. The lowest BCUT2D eigenvalue weighted by atomic mass is 10.1. The van der Waals surface area contributed by atoms with Gasteiger partial charge in [0.1, 0.15) is 5.75 Å². The molecule has 20 heavy (non-hydrogen) atoms. The lowest BCUT2D eigenvalue weighted by Gasteiger charge is -2.07. The van der Waals surface area contributed by atoms with Crippen molar-refractivity contribution in [2.75, 3.05) is 6.61 Å². The molecule has 1 aromatic heterocycles. The number of imidazole rings is 1. The Morgan fingerprint density at radius 3 is 2.15 bits per heavy atom. The number of hydrogen-bond acceptors (Lipinski definition) is 2. The molecular formula is C17H18N2O. The number of benzene rings is 2. The molecular weight excluding hydrogens is 248 g/mol. The number of hydrogen-bond donors (Lipinski definition) is 1. The summed E-state index contributed by atoms with van der Waals surface area (Å²) in [6.07, 6.45) is 3.52. The van der Waals surface area contributed by atoms with E-state index >= 15 is 0 Å². The Labute approximate surface area is 119 Å². The number of nitrogens with one attached hydrogen (secondary N) is 1. The molecule has 3 nitrogen and oxygen atoms in total. The van der Waals surface area contributed by atoms with Gasteiger partial charge in [-0.25, -0.2) is 4.98 Å². The summed E-state index contributed by atoms with van der Waals surface area (Å²) in [5.41, 5.74) is 1.93. The maximum atomic E-state index is 5.51. The Hall–Kier alpha value is -2.55. The van der Waals surface area contributed by atoms with E-state index in [1.54, 1.807) is 6.33 Å². The summed E-state index contributed by atoms with van der Waals surface area (Å²) in [4.78, 5) is 7.12. The number of ether oxygens (including phenoxy) is 1. The summed E-state index contributed by atoms with van der Waals surface area (Å²) in [7, 11) is 0. The van der Waals surface area contributed by atoms with Gasteiger partial charge in [0.25, 0.3) is 0 Å². The Morgan fingerprint density at radius 2 is 1.60 bits per heavy atom. The Morgan fingerprint density at radius 1 is 0.950 bits per heavy atom. The first-order valence-corrected chi connectivity index (χ1v) is 6.63. The second-order valence-electron chi connectivity index (χ2n) is 4.04. The van der Waals surface area contributed by atoms with Crippen LogP contribution in [0.4, 0.5) is 0 Å². The normalized spacial score (nSPS) is 9.45. The fourth-order valence-corrected chi connectivity index (χ4v) is 1.75. The topological polar surface area (TPSA) is 37.9 Å². The molecule has 3 rings (SSSR count). The summed E-state index contributed by atoms with van der Waals surface area (Å²) in [6, 6.07) is 19.9. The third-order valence-corrected chi connectivity index (χ3v) is 2.63. The molecule has 1 N–H and O–H groups in total. The van der Waals surface area contributed by atoms with Crippen molar-refractivity contribution >= 4 is 0 Å². The van der Waals surface area contributed by atoms with E-state index < -0.39 is 0 Å². The monoisotopic (exact) mass is 266 g/mol. The Kier molecular flexibility index (Phi) is 5.40. The molecule has 0 unspecified atom stereocenters. The van der Waals surface area contributed by atoms with Crippen LogP contribution < -0.4 is 4.74 Å². The van der Waals surface area contributed by atoms with Gasteiger partial charge in [0.05, 0.1) is 18.6 Å². The largest absolute Gasteiger partial charge is 0.493 e.